The van der Waals surface area contributed by atoms with E-state index in [0.717, 1.165) is 24.6 Å². The quantitative estimate of drug-likeness (QED) is 0.350. The summed E-state index contributed by atoms with van der Waals surface area (Å²) in [6.07, 6.45) is 2.77. The van der Waals surface area contributed by atoms with Crippen molar-refractivity contribution in [3.05, 3.63) is 47.6 Å². The maximum Gasteiger partial charge on any atom is 0.228 e. The molecule has 0 saturated carbocycles. The summed E-state index contributed by atoms with van der Waals surface area (Å²) in [4.78, 5) is 8.65. The van der Waals surface area contributed by atoms with Gasteiger partial charge in [0.15, 0.2) is 11.8 Å². The second kappa shape index (κ2) is 11.9. The molecule has 0 aliphatic rings. The molecule has 1 unspecified atom stereocenters. The van der Waals surface area contributed by atoms with Crippen LogP contribution in [-0.2, 0) is 12.8 Å². The third-order valence-corrected chi connectivity index (χ3v) is 3.95. The van der Waals surface area contributed by atoms with Gasteiger partial charge in [0.25, 0.3) is 0 Å². The van der Waals surface area contributed by atoms with Gasteiger partial charge in [-0.05, 0) is 25.3 Å². The highest BCUT2D eigenvalue weighted by molar-refractivity contribution is 14.0. The third-order valence-electron chi connectivity index (χ3n) is 3.95. The number of nitrogens with zero attached hydrogens (tertiary/aromatic N) is 3. The zero-order valence-electron chi connectivity index (χ0n) is 16.0. The fraction of sp³-hybridized carbons (Fsp3) is 0.526. The molecule has 144 valence electrons. The first-order chi connectivity index (χ1) is 12.1. The summed E-state index contributed by atoms with van der Waals surface area (Å²) in [6.45, 7) is 6.97. The normalized spacial score (nSPS) is 12.6. The van der Waals surface area contributed by atoms with Crippen LogP contribution in [0.2, 0.25) is 0 Å². The molecule has 0 saturated heterocycles. The average molecular weight is 471 g/mol. The van der Waals surface area contributed by atoms with Crippen molar-refractivity contribution in [3.63, 3.8) is 0 Å². The van der Waals surface area contributed by atoms with Crippen molar-refractivity contribution in [3.8, 4) is 0 Å². The van der Waals surface area contributed by atoms with E-state index in [9.17, 15) is 0 Å². The van der Waals surface area contributed by atoms with Crippen molar-refractivity contribution in [1.82, 2.24) is 20.8 Å². The van der Waals surface area contributed by atoms with E-state index in [4.69, 9.17) is 4.52 Å². The van der Waals surface area contributed by atoms with Gasteiger partial charge < -0.3 is 15.2 Å². The summed E-state index contributed by atoms with van der Waals surface area (Å²) >= 11 is 0. The number of hydrogen-bond donors (Lipinski definition) is 2. The van der Waals surface area contributed by atoms with Crippen molar-refractivity contribution < 1.29 is 4.52 Å². The molecule has 7 heteroatoms. The van der Waals surface area contributed by atoms with E-state index in [1.807, 2.05) is 6.07 Å². The summed E-state index contributed by atoms with van der Waals surface area (Å²) in [6, 6.07) is 10.9. The molecular formula is C19H30IN5O. The topological polar surface area (TPSA) is 75.3 Å². The molecule has 1 heterocycles. The molecule has 0 aliphatic heterocycles. The minimum atomic E-state index is 0. The number of aromatic nitrogens is 2. The second-order valence-electron chi connectivity index (χ2n) is 6.52. The standard InChI is InChI=1S/C19H29N5O.HI/c1-14(2)18-23-17(25-24-18)12-13-21-19(20-4)22-15(3)10-11-16-8-6-5-7-9-16;/h5-9,14-15H,10-13H2,1-4H3,(H2,20,21,22);1H. The number of aryl methyl sites for hydroxylation is 1. The smallest absolute Gasteiger partial charge is 0.228 e. The molecule has 0 bridgehead atoms. The van der Waals surface area contributed by atoms with Gasteiger partial charge in [0, 0.05) is 32.0 Å². The van der Waals surface area contributed by atoms with Crippen molar-refractivity contribution in [1.29, 1.82) is 0 Å². The van der Waals surface area contributed by atoms with Gasteiger partial charge in [-0.3, -0.25) is 4.99 Å². The lowest BCUT2D eigenvalue weighted by Crippen LogP contribution is -2.43. The highest BCUT2D eigenvalue weighted by atomic mass is 127. The molecule has 0 spiro atoms. The number of benzene rings is 1. The van der Waals surface area contributed by atoms with Crippen molar-refractivity contribution in [2.45, 2.75) is 52.0 Å². The molecule has 0 radical (unpaired) electrons. The minimum Gasteiger partial charge on any atom is -0.356 e. The molecule has 1 aromatic carbocycles. The van der Waals surface area contributed by atoms with Crippen molar-refractivity contribution in [2.75, 3.05) is 13.6 Å². The van der Waals surface area contributed by atoms with Crippen LogP contribution in [0.3, 0.4) is 0 Å². The molecule has 0 fully saturated rings. The molecule has 0 aliphatic carbocycles. The fourth-order valence-corrected chi connectivity index (χ4v) is 2.42. The van der Waals surface area contributed by atoms with Crippen LogP contribution in [0.25, 0.3) is 0 Å². The number of guanidine groups is 1. The van der Waals surface area contributed by atoms with Crippen LogP contribution in [0, 0.1) is 0 Å². The van der Waals surface area contributed by atoms with Crippen LogP contribution >= 0.6 is 24.0 Å². The fourth-order valence-electron chi connectivity index (χ4n) is 2.42. The predicted molar refractivity (Wildman–Crippen MR) is 116 cm³/mol. The van der Waals surface area contributed by atoms with Crippen LogP contribution in [0.4, 0.5) is 0 Å². The molecule has 0 amide bonds. The first-order valence-corrected chi connectivity index (χ1v) is 8.92. The Kier molecular flexibility index (Phi) is 10.2. The Bertz CT molecular complexity index is 657. The molecule has 2 rings (SSSR count). The summed E-state index contributed by atoms with van der Waals surface area (Å²) in [7, 11) is 1.78. The van der Waals surface area contributed by atoms with E-state index in [-0.39, 0.29) is 29.9 Å². The SMILES string of the molecule is CN=C(NCCc1nc(C(C)C)no1)NC(C)CCc1ccccc1.I. The van der Waals surface area contributed by atoms with Crippen molar-refractivity contribution in [2.24, 2.45) is 4.99 Å². The maximum absolute atomic E-state index is 5.25. The Balaban J connectivity index is 0.00000338. The Hall–Kier alpha value is -1.64. The Morgan fingerprint density at radius 3 is 2.50 bits per heavy atom. The van der Waals surface area contributed by atoms with E-state index in [2.05, 4.69) is 70.8 Å². The highest BCUT2D eigenvalue weighted by Crippen LogP contribution is 2.09. The van der Waals surface area contributed by atoms with E-state index in [1.165, 1.54) is 5.56 Å². The number of nitrogens with one attached hydrogen (secondary N) is 2. The number of hydrogen-bond acceptors (Lipinski definition) is 4. The molecule has 2 aromatic rings. The van der Waals surface area contributed by atoms with Crippen LogP contribution in [-0.4, -0.2) is 35.7 Å². The lowest BCUT2D eigenvalue weighted by atomic mass is 10.1. The van der Waals surface area contributed by atoms with E-state index in [1.54, 1.807) is 7.05 Å². The van der Waals surface area contributed by atoms with Gasteiger partial charge in [-0.1, -0.05) is 49.3 Å². The zero-order valence-corrected chi connectivity index (χ0v) is 18.4. The van der Waals surface area contributed by atoms with Crippen LogP contribution < -0.4 is 10.6 Å². The molecule has 2 N–H and O–H groups in total. The van der Waals surface area contributed by atoms with Gasteiger partial charge in [0.2, 0.25) is 5.89 Å². The van der Waals surface area contributed by atoms with Gasteiger partial charge in [-0.25, -0.2) is 0 Å². The largest absolute Gasteiger partial charge is 0.356 e. The summed E-state index contributed by atoms with van der Waals surface area (Å²) in [5.41, 5.74) is 1.36. The predicted octanol–water partition coefficient (Wildman–Crippen LogP) is 3.54. The monoisotopic (exact) mass is 471 g/mol. The third kappa shape index (κ3) is 7.72. The molecular weight excluding hydrogens is 441 g/mol. The maximum atomic E-state index is 5.25. The van der Waals surface area contributed by atoms with Gasteiger partial charge in [-0.15, -0.1) is 24.0 Å². The van der Waals surface area contributed by atoms with E-state index < -0.39 is 0 Å². The first kappa shape index (κ1) is 22.4. The summed E-state index contributed by atoms with van der Waals surface area (Å²) < 4.78 is 5.25. The summed E-state index contributed by atoms with van der Waals surface area (Å²) in [5, 5.41) is 10.7. The number of rotatable bonds is 8. The lowest BCUT2D eigenvalue weighted by Gasteiger charge is -2.17. The lowest BCUT2D eigenvalue weighted by molar-refractivity contribution is 0.371. The number of halogens is 1. The molecule has 26 heavy (non-hydrogen) atoms. The minimum absolute atomic E-state index is 0. The Morgan fingerprint density at radius 1 is 1.15 bits per heavy atom. The zero-order chi connectivity index (χ0) is 18.1. The van der Waals surface area contributed by atoms with Gasteiger partial charge in [-0.2, -0.15) is 4.98 Å². The van der Waals surface area contributed by atoms with Crippen molar-refractivity contribution >= 4 is 29.9 Å². The Labute approximate surface area is 173 Å². The van der Waals surface area contributed by atoms with Crippen LogP contribution in [0.1, 0.15) is 50.4 Å². The average Bonchev–Trinajstić information content (AvgIpc) is 3.09. The van der Waals surface area contributed by atoms with E-state index >= 15 is 0 Å². The molecule has 1 aromatic heterocycles. The van der Waals surface area contributed by atoms with E-state index in [0.29, 0.717) is 24.9 Å². The Morgan fingerprint density at radius 2 is 1.88 bits per heavy atom. The highest BCUT2D eigenvalue weighted by Gasteiger charge is 2.10. The first-order valence-electron chi connectivity index (χ1n) is 8.92. The number of aliphatic imine (C=N–C) groups is 1. The van der Waals surface area contributed by atoms with Gasteiger partial charge in [0.05, 0.1) is 0 Å². The second-order valence-corrected chi connectivity index (χ2v) is 6.52. The molecule has 6 nitrogen and oxygen atoms in total. The molecule has 1 atom stereocenters. The van der Waals surface area contributed by atoms with Gasteiger partial charge in [0.1, 0.15) is 0 Å². The summed E-state index contributed by atoms with van der Waals surface area (Å²) in [5.74, 6) is 2.49. The van der Waals surface area contributed by atoms with Crippen LogP contribution in [0.15, 0.2) is 39.8 Å². The van der Waals surface area contributed by atoms with Gasteiger partial charge >= 0.3 is 0 Å². The van der Waals surface area contributed by atoms with Crippen LogP contribution in [0.5, 0.6) is 0 Å².